The first kappa shape index (κ1) is 19.8. The summed E-state index contributed by atoms with van der Waals surface area (Å²) < 4.78 is 5.37. The Morgan fingerprint density at radius 1 is 1.27 bits per heavy atom. The number of allylic oxidation sites excluding steroid dienone is 1. The van der Waals surface area contributed by atoms with Gasteiger partial charge in [-0.1, -0.05) is 39.0 Å². The summed E-state index contributed by atoms with van der Waals surface area (Å²) >= 11 is 0. The standard InChI is InChI=1S/C20H29N3O3/c1-13-17(15(11-20(2,3)4)22-19(25)21-13)18(24)23(5)12-14-9-7-8-10-16(14)26-6/h7-10,15H,11-12H2,1-6H3,(H2,21,22,25). The molecule has 1 atom stereocenters. The molecule has 0 saturated heterocycles. The van der Waals surface area contributed by atoms with Gasteiger partial charge in [0.25, 0.3) is 5.91 Å². The highest BCUT2D eigenvalue weighted by Gasteiger charge is 2.34. The van der Waals surface area contributed by atoms with Crippen molar-refractivity contribution in [2.45, 2.75) is 46.7 Å². The number of nitrogens with one attached hydrogen (secondary N) is 2. The summed E-state index contributed by atoms with van der Waals surface area (Å²) in [6.45, 7) is 8.49. The number of hydrogen-bond acceptors (Lipinski definition) is 3. The molecule has 1 aliphatic heterocycles. The number of benzene rings is 1. The van der Waals surface area contributed by atoms with Gasteiger partial charge in [0.15, 0.2) is 0 Å². The Hall–Kier alpha value is -2.50. The van der Waals surface area contributed by atoms with E-state index in [0.29, 0.717) is 24.2 Å². The Morgan fingerprint density at radius 3 is 2.54 bits per heavy atom. The number of para-hydroxylation sites is 1. The lowest BCUT2D eigenvalue weighted by Crippen LogP contribution is -2.52. The molecule has 1 aliphatic rings. The highest BCUT2D eigenvalue weighted by molar-refractivity contribution is 5.98. The number of urea groups is 1. The third-order valence-electron chi connectivity index (χ3n) is 4.35. The average Bonchev–Trinajstić information content (AvgIpc) is 2.52. The predicted octanol–water partition coefficient (Wildman–Crippen LogP) is 3.05. The summed E-state index contributed by atoms with van der Waals surface area (Å²) in [5.74, 6) is 0.648. The van der Waals surface area contributed by atoms with Crippen molar-refractivity contribution >= 4 is 11.9 Å². The molecule has 26 heavy (non-hydrogen) atoms. The van der Waals surface area contributed by atoms with E-state index in [0.717, 1.165) is 11.3 Å². The van der Waals surface area contributed by atoms with Gasteiger partial charge < -0.3 is 20.3 Å². The second-order valence-corrected chi connectivity index (χ2v) is 7.93. The van der Waals surface area contributed by atoms with Gasteiger partial charge in [-0.05, 0) is 24.8 Å². The minimum absolute atomic E-state index is 0.0255. The first-order chi connectivity index (χ1) is 12.1. The summed E-state index contributed by atoms with van der Waals surface area (Å²) in [5.41, 5.74) is 2.13. The SMILES string of the molecule is COc1ccccc1CN(C)C(=O)C1=C(C)NC(=O)NC1CC(C)(C)C. The number of nitrogens with zero attached hydrogens (tertiary/aromatic N) is 1. The average molecular weight is 359 g/mol. The van der Waals surface area contributed by atoms with Gasteiger partial charge in [0.2, 0.25) is 0 Å². The number of methoxy groups -OCH3 is 1. The number of amides is 3. The molecule has 1 aromatic rings. The van der Waals surface area contributed by atoms with E-state index >= 15 is 0 Å². The predicted molar refractivity (Wildman–Crippen MR) is 102 cm³/mol. The summed E-state index contributed by atoms with van der Waals surface area (Å²) in [6.07, 6.45) is 0.682. The molecule has 1 aromatic carbocycles. The largest absolute Gasteiger partial charge is 0.496 e. The fourth-order valence-electron chi connectivity index (χ4n) is 3.21. The molecule has 1 heterocycles. The second-order valence-electron chi connectivity index (χ2n) is 7.93. The van der Waals surface area contributed by atoms with Crippen molar-refractivity contribution in [3.63, 3.8) is 0 Å². The zero-order chi connectivity index (χ0) is 19.5. The molecular formula is C20H29N3O3. The van der Waals surface area contributed by atoms with Gasteiger partial charge in [-0.15, -0.1) is 0 Å². The first-order valence-corrected chi connectivity index (χ1v) is 8.78. The van der Waals surface area contributed by atoms with Crippen LogP contribution in [0.4, 0.5) is 4.79 Å². The minimum atomic E-state index is -0.309. The Bertz CT molecular complexity index is 719. The lowest BCUT2D eigenvalue weighted by molar-refractivity contribution is -0.126. The molecule has 6 nitrogen and oxygen atoms in total. The summed E-state index contributed by atoms with van der Waals surface area (Å²) in [5, 5.41) is 5.62. The summed E-state index contributed by atoms with van der Waals surface area (Å²) in [6, 6.07) is 7.07. The highest BCUT2D eigenvalue weighted by atomic mass is 16.5. The van der Waals surface area contributed by atoms with Crippen LogP contribution < -0.4 is 15.4 Å². The molecule has 6 heteroatoms. The van der Waals surface area contributed by atoms with Gasteiger partial charge in [0.05, 0.1) is 18.7 Å². The minimum Gasteiger partial charge on any atom is -0.496 e. The number of hydrogen-bond donors (Lipinski definition) is 2. The van der Waals surface area contributed by atoms with Crippen LogP contribution in [0.25, 0.3) is 0 Å². The third-order valence-corrected chi connectivity index (χ3v) is 4.35. The zero-order valence-corrected chi connectivity index (χ0v) is 16.5. The third kappa shape index (κ3) is 4.77. The van der Waals surface area contributed by atoms with E-state index in [1.807, 2.05) is 24.3 Å². The zero-order valence-electron chi connectivity index (χ0n) is 16.5. The molecule has 1 unspecified atom stereocenters. The van der Waals surface area contributed by atoms with Crippen LogP contribution >= 0.6 is 0 Å². The molecular weight excluding hydrogens is 330 g/mol. The van der Waals surface area contributed by atoms with Gasteiger partial charge in [0.1, 0.15) is 5.75 Å². The van der Waals surface area contributed by atoms with E-state index in [1.54, 1.807) is 26.0 Å². The van der Waals surface area contributed by atoms with Crippen LogP contribution in [0.2, 0.25) is 0 Å². The van der Waals surface area contributed by atoms with Crippen LogP contribution in [0, 0.1) is 5.41 Å². The maximum atomic E-state index is 13.2. The summed E-state index contributed by atoms with van der Waals surface area (Å²) in [7, 11) is 3.38. The van der Waals surface area contributed by atoms with Gasteiger partial charge in [0, 0.05) is 24.9 Å². The molecule has 0 aliphatic carbocycles. The fourth-order valence-corrected chi connectivity index (χ4v) is 3.21. The quantitative estimate of drug-likeness (QED) is 0.849. The Kier molecular flexibility index (Phi) is 5.95. The van der Waals surface area contributed by atoms with E-state index in [-0.39, 0.29) is 23.4 Å². The van der Waals surface area contributed by atoms with Crippen molar-refractivity contribution in [3.8, 4) is 5.75 Å². The van der Waals surface area contributed by atoms with Gasteiger partial charge in [-0.3, -0.25) is 4.79 Å². The Balaban J connectivity index is 2.26. The lowest BCUT2D eigenvalue weighted by Gasteiger charge is -2.34. The van der Waals surface area contributed by atoms with Gasteiger partial charge >= 0.3 is 6.03 Å². The molecule has 0 aromatic heterocycles. The van der Waals surface area contributed by atoms with Crippen molar-refractivity contribution in [3.05, 3.63) is 41.1 Å². The van der Waals surface area contributed by atoms with E-state index in [2.05, 4.69) is 31.4 Å². The molecule has 3 amide bonds. The van der Waals surface area contributed by atoms with Gasteiger partial charge in [-0.2, -0.15) is 0 Å². The van der Waals surface area contributed by atoms with Crippen molar-refractivity contribution < 1.29 is 14.3 Å². The fraction of sp³-hybridized carbons (Fsp3) is 0.500. The molecule has 0 bridgehead atoms. The number of rotatable bonds is 5. The molecule has 0 radical (unpaired) electrons. The van der Waals surface area contributed by atoms with Crippen LogP contribution in [0.1, 0.15) is 39.7 Å². The summed E-state index contributed by atoms with van der Waals surface area (Å²) in [4.78, 5) is 26.7. The Labute approximate surface area is 155 Å². The van der Waals surface area contributed by atoms with Crippen LogP contribution in [0.15, 0.2) is 35.5 Å². The number of carbonyl (C=O) groups is 2. The molecule has 2 rings (SSSR count). The first-order valence-electron chi connectivity index (χ1n) is 8.78. The van der Waals surface area contributed by atoms with Crippen LogP contribution in [0.3, 0.4) is 0 Å². The molecule has 0 fully saturated rings. The van der Waals surface area contributed by atoms with Crippen LogP contribution in [0.5, 0.6) is 5.75 Å². The maximum absolute atomic E-state index is 13.2. The lowest BCUT2D eigenvalue weighted by atomic mass is 9.84. The van der Waals surface area contributed by atoms with Crippen LogP contribution in [-0.4, -0.2) is 37.0 Å². The molecule has 2 N–H and O–H groups in total. The second kappa shape index (κ2) is 7.81. The number of carbonyl (C=O) groups excluding carboxylic acids is 2. The van der Waals surface area contributed by atoms with E-state index in [1.165, 1.54) is 0 Å². The molecule has 142 valence electrons. The normalized spacial score (nSPS) is 17.5. The monoisotopic (exact) mass is 359 g/mol. The van der Waals surface area contributed by atoms with Gasteiger partial charge in [-0.25, -0.2) is 4.79 Å². The van der Waals surface area contributed by atoms with Crippen molar-refractivity contribution in [1.82, 2.24) is 15.5 Å². The Morgan fingerprint density at radius 2 is 1.92 bits per heavy atom. The van der Waals surface area contributed by atoms with Crippen molar-refractivity contribution in [2.75, 3.05) is 14.2 Å². The van der Waals surface area contributed by atoms with E-state index in [4.69, 9.17) is 4.74 Å². The van der Waals surface area contributed by atoms with E-state index < -0.39 is 0 Å². The maximum Gasteiger partial charge on any atom is 0.319 e. The highest BCUT2D eigenvalue weighted by Crippen LogP contribution is 2.28. The number of ether oxygens (including phenoxy) is 1. The van der Waals surface area contributed by atoms with Crippen molar-refractivity contribution in [1.29, 1.82) is 0 Å². The van der Waals surface area contributed by atoms with Crippen LogP contribution in [-0.2, 0) is 11.3 Å². The number of likely N-dealkylation sites (N-methyl/N-ethyl adjacent to an activating group) is 1. The topological polar surface area (TPSA) is 70.7 Å². The van der Waals surface area contributed by atoms with E-state index in [9.17, 15) is 9.59 Å². The molecule has 0 saturated carbocycles. The molecule has 0 spiro atoms. The smallest absolute Gasteiger partial charge is 0.319 e. The van der Waals surface area contributed by atoms with Crippen molar-refractivity contribution in [2.24, 2.45) is 5.41 Å².